The largest absolute Gasteiger partial charge is 0.378 e. The minimum atomic E-state index is 0.0663. The van der Waals surface area contributed by atoms with E-state index in [0.29, 0.717) is 47.9 Å². The van der Waals surface area contributed by atoms with Gasteiger partial charge in [0.15, 0.2) is 5.16 Å². The van der Waals surface area contributed by atoms with E-state index in [4.69, 9.17) is 27.9 Å². The Hall–Kier alpha value is -2.06. The molecule has 9 heteroatoms. The molecule has 1 fully saturated rings. The van der Waals surface area contributed by atoms with Gasteiger partial charge in [-0.05, 0) is 23.8 Å². The van der Waals surface area contributed by atoms with Crippen LogP contribution in [0.25, 0.3) is 5.69 Å². The highest BCUT2D eigenvalue weighted by atomic mass is 35.5. The smallest absolute Gasteiger partial charge is 0.233 e. The Kier molecular flexibility index (Phi) is 6.94. The van der Waals surface area contributed by atoms with Crippen molar-refractivity contribution in [2.75, 3.05) is 32.1 Å². The molecular formula is C21H20Cl2N4O2S. The van der Waals surface area contributed by atoms with Crippen LogP contribution < -0.4 is 0 Å². The van der Waals surface area contributed by atoms with Crippen LogP contribution in [0.5, 0.6) is 0 Å². The second-order valence-corrected chi connectivity index (χ2v) is 8.53. The number of thioether (sulfide) groups is 1. The standard InChI is InChI=1S/C21H20Cl2N4O2S/c22-17-7-6-16(13-18(17)23)27-19(12-15-4-2-1-3-5-15)24-25-21(27)30-14-20(28)26-8-10-29-11-9-26/h1-7,13H,8-12,14H2. The van der Waals surface area contributed by atoms with Crippen LogP contribution >= 0.6 is 35.0 Å². The summed E-state index contributed by atoms with van der Waals surface area (Å²) in [6.07, 6.45) is 0.603. The van der Waals surface area contributed by atoms with E-state index in [2.05, 4.69) is 10.2 Å². The molecule has 0 saturated carbocycles. The Labute approximate surface area is 189 Å². The highest BCUT2D eigenvalue weighted by Crippen LogP contribution is 2.29. The Bertz CT molecular complexity index is 1020. The number of benzene rings is 2. The van der Waals surface area contributed by atoms with Crippen molar-refractivity contribution in [1.82, 2.24) is 19.7 Å². The lowest BCUT2D eigenvalue weighted by Gasteiger charge is -2.26. The summed E-state index contributed by atoms with van der Waals surface area (Å²) >= 11 is 13.7. The van der Waals surface area contributed by atoms with Crippen LogP contribution in [0.15, 0.2) is 53.7 Å². The molecule has 0 bridgehead atoms. The molecule has 2 heterocycles. The molecule has 30 heavy (non-hydrogen) atoms. The van der Waals surface area contributed by atoms with Crippen LogP contribution in [0.1, 0.15) is 11.4 Å². The lowest BCUT2D eigenvalue weighted by atomic mass is 10.1. The molecule has 0 N–H and O–H groups in total. The molecule has 156 valence electrons. The number of halogens is 2. The number of rotatable bonds is 6. The van der Waals surface area contributed by atoms with Gasteiger partial charge < -0.3 is 9.64 Å². The zero-order valence-electron chi connectivity index (χ0n) is 16.1. The first-order valence-electron chi connectivity index (χ1n) is 9.54. The van der Waals surface area contributed by atoms with Gasteiger partial charge in [-0.3, -0.25) is 9.36 Å². The molecule has 0 aliphatic carbocycles. The second kappa shape index (κ2) is 9.83. The SMILES string of the molecule is O=C(CSc1nnc(Cc2ccccc2)n1-c1ccc(Cl)c(Cl)c1)N1CCOCC1. The van der Waals surface area contributed by atoms with Gasteiger partial charge in [0.1, 0.15) is 5.82 Å². The number of carbonyl (C=O) groups excluding carboxylic acids is 1. The normalized spacial score (nSPS) is 14.1. The summed E-state index contributed by atoms with van der Waals surface area (Å²) in [4.78, 5) is 14.4. The van der Waals surface area contributed by atoms with Crippen molar-refractivity contribution in [2.24, 2.45) is 0 Å². The van der Waals surface area contributed by atoms with Crippen molar-refractivity contribution < 1.29 is 9.53 Å². The van der Waals surface area contributed by atoms with Gasteiger partial charge in [0.05, 0.1) is 34.7 Å². The van der Waals surface area contributed by atoms with Crippen molar-refractivity contribution in [3.63, 3.8) is 0 Å². The van der Waals surface area contributed by atoms with Crippen LogP contribution in [0.2, 0.25) is 10.0 Å². The number of aromatic nitrogens is 3. The first kappa shape index (κ1) is 21.2. The molecule has 6 nitrogen and oxygen atoms in total. The number of hydrogen-bond acceptors (Lipinski definition) is 5. The quantitative estimate of drug-likeness (QED) is 0.515. The maximum atomic E-state index is 12.6. The van der Waals surface area contributed by atoms with Crippen LogP contribution in [0.3, 0.4) is 0 Å². The third-order valence-electron chi connectivity index (χ3n) is 4.76. The third-order valence-corrected chi connectivity index (χ3v) is 6.41. The average Bonchev–Trinajstić information content (AvgIpc) is 3.17. The minimum Gasteiger partial charge on any atom is -0.378 e. The molecule has 0 radical (unpaired) electrons. The van der Waals surface area contributed by atoms with Gasteiger partial charge in [-0.25, -0.2) is 0 Å². The molecule has 2 aromatic carbocycles. The van der Waals surface area contributed by atoms with Gasteiger partial charge in [-0.2, -0.15) is 0 Å². The van der Waals surface area contributed by atoms with E-state index in [0.717, 1.165) is 17.1 Å². The first-order chi connectivity index (χ1) is 14.6. The summed E-state index contributed by atoms with van der Waals surface area (Å²) in [6.45, 7) is 2.41. The van der Waals surface area contributed by atoms with Gasteiger partial charge >= 0.3 is 0 Å². The Morgan fingerprint density at radius 3 is 2.53 bits per heavy atom. The molecule has 1 aliphatic heterocycles. The summed E-state index contributed by atoms with van der Waals surface area (Å²) in [7, 11) is 0. The first-order valence-corrected chi connectivity index (χ1v) is 11.3. The summed E-state index contributed by atoms with van der Waals surface area (Å²) in [5.41, 5.74) is 1.92. The number of carbonyl (C=O) groups is 1. The third kappa shape index (κ3) is 4.98. The molecule has 0 spiro atoms. The molecular weight excluding hydrogens is 443 g/mol. The molecule has 1 aromatic heterocycles. The van der Waals surface area contributed by atoms with Crippen molar-refractivity contribution in [3.05, 3.63) is 70.0 Å². The van der Waals surface area contributed by atoms with Crippen LogP contribution in [-0.2, 0) is 16.0 Å². The summed E-state index contributed by atoms with van der Waals surface area (Å²) in [5, 5.41) is 10.3. The fourth-order valence-corrected chi connectivity index (χ4v) is 4.37. The van der Waals surface area contributed by atoms with E-state index in [-0.39, 0.29) is 11.7 Å². The second-order valence-electron chi connectivity index (χ2n) is 6.78. The summed E-state index contributed by atoms with van der Waals surface area (Å²) in [5.74, 6) is 1.11. The predicted molar refractivity (Wildman–Crippen MR) is 119 cm³/mol. The fourth-order valence-electron chi connectivity index (χ4n) is 3.20. The van der Waals surface area contributed by atoms with Crippen molar-refractivity contribution in [3.8, 4) is 5.69 Å². The molecule has 0 unspecified atom stereocenters. The van der Waals surface area contributed by atoms with E-state index < -0.39 is 0 Å². The topological polar surface area (TPSA) is 60.2 Å². The lowest BCUT2D eigenvalue weighted by molar-refractivity contribution is -0.132. The van der Waals surface area contributed by atoms with Crippen molar-refractivity contribution >= 4 is 40.9 Å². The predicted octanol–water partition coefficient (Wildman–Crippen LogP) is 4.12. The molecule has 3 aromatic rings. The highest BCUT2D eigenvalue weighted by Gasteiger charge is 2.20. The van der Waals surface area contributed by atoms with Crippen LogP contribution in [0, 0.1) is 0 Å². The monoisotopic (exact) mass is 462 g/mol. The maximum Gasteiger partial charge on any atom is 0.233 e. The lowest BCUT2D eigenvalue weighted by Crippen LogP contribution is -2.41. The average molecular weight is 463 g/mol. The summed E-state index contributed by atoms with van der Waals surface area (Å²) in [6, 6.07) is 15.5. The van der Waals surface area contributed by atoms with Crippen molar-refractivity contribution in [1.29, 1.82) is 0 Å². The molecule has 1 amide bonds. The number of amides is 1. The van der Waals surface area contributed by atoms with Crippen LogP contribution in [0.4, 0.5) is 0 Å². The summed E-state index contributed by atoms with van der Waals surface area (Å²) < 4.78 is 7.26. The van der Waals surface area contributed by atoms with Crippen molar-refractivity contribution in [2.45, 2.75) is 11.6 Å². The highest BCUT2D eigenvalue weighted by molar-refractivity contribution is 7.99. The van der Waals surface area contributed by atoms with Gasteiger partial charge in [0.25, 0.3) is 0 Å². The molecule has 1 saturated heterocycles. The Morgan fingerprint density at radius 2 is 1.80 bits per heavy atom. The van der Waals surface area contributed by atoms with Gasteiger partial charge in [-0.15, -0.1) is 10.2 Å². The van der Waals surface area contributed by atoms with Gasteiger partial charge in [0.2, 0.25) is 5.91 Å². The number of morpholine rings is 1. The molecule has 0 atom stereocenters. The van der Waals surface area contributed by atoms with Crippen LogP contribution in [-0.4, -0.2) is 57.6 Å². The zero-order valence-corrected chi connectivity index (χ0v) is 18.5. The van der Waals surface area contributed by atoms with Gasteiger partial charge in [0, 0.05) is 19.5 Å². The minimum absolute atomic E-state index is 0.0663. The number of hydrogen-bond donors (Lipinski definition) is 0. The number of nitrogens with zero attached hydrogens (tertiary/aromatic N) is 4. The van der Waals surface area contributed by atoms with E-state index in [1.165, 1.54) is 11.8 Å². The van der Waals surface area contributed by atoms with E-state index >= 15 is 0 Å². The maximum absolute atomic E-state index is 12.6. The fraction of sp³-hybridized carbons (Fsp3) is 0.286. The van der Waals surface area contributed by atoms with Gasteiger partial charge in [-0.1, -0.05) is 65.3 Å². The number of ether oxygens (including phenoxy) is 1. The van der Waals surface area contributed by atoms with E-state index in [1.54, 1.807) is 12.1 Å². The van der Waals surface area contributed by atoms with E-state index in [9.17, 15) is 4.79 Å². The molecule has 4 rings (SSSR count). The Morgan fingerprint density at radius 1 is 1.03 bits per heavy atom. The zero-order chi connectivity index (χ0) is 20.9. The molecule has 1 aliphatic rings. The Balaban J connectivity index is 1.60. The van der Waals surface area contributed by atoms with E-state index in [1.807, 2.05) is 45.9 Å².